The van der Waals surface area contributed by atoms with Gasteiger partial charge in [-0.2, -0.15) is 9.97 Å². The highest BCUT2D eigenvalue weighted by atomic mass is 19.1. The average molecular weight is 615 g/mol. The molecule has 5 aromatic rings. The molecular formula is C33H29F3N6O3. The molecule has 1 N–H and O–H groups in total. The number of fused-ring (bicyclic) bond motifs is 3. The van der Waals surface area contributed by atoms with Gasteiger partial charge in [0.2, 0.25) is 0 Å². The predicted octanol–water partition coefficient (Wildman–Crippen LogP) is 5.28. The minimum Gasteiger partial charge on any atom is -0.508 e. The van der Waals surface area contributed by atoms with Gasteiger partial charge in [-0.3, -0.25) is 9.88 Å². The fourth-order valence-electron chi connectivity index (χ4n) is 6.69. The molecule has 0 saturated carbocycles. The average Bonchev–Trinajstić information content (AvgIpc) is 3.73. The summed E-state index contributed by atoms with van der Waals surface area (Å²) in [6, 6.07) is 5.26. The lowest BCUT2D eigenvalue weighted by Crippen LogP contribution is -2.43. The van der Waals surface area contributed by atoms with E-state index in [9.17, 15) is 13.9 Å². The monoisotopic (exact) mass is 614 g/mol. The number of hydrogen-bond donors (Lipinski definition) is 1. The van der Waals surface area contributed by atoms with E-state index in [0.717, 1.165) is 19.4 Å². The molecule has 9 nitrogen and oxygen atoms in total. The number of aromatic nitrogens is 5. The number of phenolic OH excluding ortho intramolecular Hbond substituents is 1. The minimum atomic E-state index is -0.945. The second-order valence-corrected chi connectivity index (χ2v) is 11.5. The van der Waals surface area contributed by atoms with Crippen molar-refractivity contribution in [3.05, 3.63) is 60.2 Å². The highest BCUT2D eigenvalue weighted by molar-refractivity contribution is 6.03. The topological polar surface area (TPSA) is 98.4 Å². The lowest BCUT2D eigenvalue weighted by molar-refractivity contribution is 0.107. The Bertz CT molecular complexity index is 1990. The van der Waals surface area contributed by atoms with Gasteiger partial charge < -0.3 is 19.1 Å². The largest absolute Gasteiger partial charge is 0.508 e. The molecule has 0 radical (unpaired) electrons. The maximum atomic E-state index is 16.7. The lowest BCUT2D eigenvalue weighted by Gasteiger charge is -2.30. The Morgan fingerprint density at radius 2 is 2.04 bits per heavy atom. The van der Waals surface area contributed by atoms with Crippen LogP contribution in [0.2, 0.25) is 0 Å². The molecule has 0 aliphatic carbocycles. The third kappa shape index (κ3) is 5.02. The van der Waals surface area contributed by atoms with Gasteiger partial charge >= 0.3 is 6.01 Å². The molecule has 2 aliphatic heterocycles. The van der Waals surface area contributed by atoms with Gasteiger partial charge in [0.25, 0.3) is 0 Å². The molecule has 0 bridgehead atoms. The van der Waals surface area contributed by atoms with Crippen LogP contribution in [0.5, 0.6) is 11.8 Å². The number of ether oxygens (including phenoxy) is 2. The van der Waals surface area contributed by atoms with Crippen LogP contribution in [0.15, 0.2) is 43.0 Å². The highest BCUT2D eigenvalue weighted by Gasteiger charge is 2.49. The molecule has 7 rings (SSSR count). The maximum absolute atomic E-state index is 16.7. The first-order valence-corrected chi connectivity index (χ1v) is 14.6. The SMILES string of the molecule is C#Cc1c(F)ccc2cc(O)cc(-c3ncc4c(-c5cn(CCOC)cn5)nc(OC[C@@]56CCCN5C[C@H](F)C6)nc4c3F)c12. The number of alkyl halides is 1. The molecule has 2 aliphatic rings. The summed E-state index contributed by atoms with van der Waals surface area (Å²) in [6.07, 6.45) is 11.5. The zero-order valence-corrected chi connectivity index (χ0v) is 24.4. The van der Waals surface area contributed by atoms with Crippen molar-refractivity contribution < 1.29 is 27.8 Å². The van der Waals surface area contributed by atoms with Crippen LogP contribution in [0.3, 0.4) is 0 Å². The molecule has 12 heteroatoms. The number of terminal acetylenes is 1. The van der Waals surface area contributed by atoms with Crippen LogP contribution >= 0.6 is 0 Å². The van der Waals surface area contributed by atoms with Gasteiger partial charge in [-0.15, -0.1) is 6.42 Å². The van der Waals surface area contributed by atoms with E-state index >= 15 is 4.39 Å². The number of aromatic hydroxyl groups is 1. The minimum absolute atomic E-state index is 0.0825. The molecule has 3 aromatic heterocycles. The van der Waals surface area contributed by atoms with Crippen molar-refractivity contribution in [3.8, 4) is 46.7 Å². The molecule has 0 spiro atoms. The number of nitrogens with zero attached hydrogens (tertiary/aromatic N) is 6. The molecule has 2 aromatic carbocycles. The molecule has 2 saturated heterocycles. The van der Waals surface area contributed by atoms with E-state index in [0.29, 0.717) is 37.2 Å². The van der Waals surface area contributed by atoms with Gasteiger partial charge in [-0.25, -0.2) is 18.2 Å². The summed E-state index contributed by atoms with van der Waals surface area (Å²) in [5, 5.41) is 11.4. The Kier molecular flexibility index (Phi) is 7.30. The van der Waals surface area contributed by atoms with Crippen molar-refractivity contribution in [2.24, 2.45) is 0 Å². The Hall–Kier alpha value is -4.73. The van der Waals surface area contributed by atoms with Gasteiger partial charge in [0.1, 0.15) is 46.9 Å². The normalized spacial score (nSPS) is 19.8. The van der Waals surface area contributed by atoms with Crippen molar-refractivity contribution in [3.63, 3.8) is 0 Å². The summed E-state index contributed by atoms with van der Waals surface area (Å²) >= 11 is 0. The molecule has 0 unspecified atom stereocenters. The summed E-state index contributed by atoms with van der Waals surface area (Å²) in [4.78, 5) is 20.1. The fourth-order valence-corrected chi connectivity index (χ4v) is 6.69. The number of hydrogen-bond acceptors (Lipinski definition) is 8. The van der Waals surface area contributed by atoms with Crippen LogP contribution in [0.1, 0.15) is 24.8 Å². The molecule has 5 heterocycles. The quantitative estimate of drug-likeness (QED) is 0.236. The van der Waals surface area contributed by atoms with Crippen molar-refractivity contribution in [2.45, 2.75) is 37.5 Å². The van der Waals surface area contributed by atoms with E-state index in [-0.39, 0.29) is 57.2 Å². The zero-order valence-electron chi connectivity index (χ0n) is 24.4. The van der Waals surface area contributed by atoms with Gasteiger partial charge in [-0.1, -0.05) is 12.0 Å². The summed E-state index contributed by atoms with van der Waals surface area (Å²) in [5.41, 5.74) is -0.0410. The van der Waals surface area contributed by atoms with Crippen molar-refractivity contribution in [2.75, 3.05) is 33.4 Å². The molecule has 2 fully saturated rings. The third-order valence-corrected chi connectivity index (χ3v) is 8.78. The van der Waals surface area contributed by atoms with Gasteiger partial charge in [-0.05, 0) is 43.0 Å². The zero-order chi connectivity index (χ0) is 31.3. The van der Waals surface area contributed by atoms with Crippen LogP contribution < -0.4 is 4.74 Å². The molecular weight excluding hydrogens is 585 g/mol. The Balaban J connectivity index is 1.39. The summed E-state index contributed by atoms with van der Waals surface area (Å²) in [6.45, 7) is 2.28. The number of halogens is 3. The molecule has 230 valence electrons. The molecule has 0 amide bonds. The predicted molar refractivity (Wildman–Crippen MR) is 161 cm³/mol. The second kappa shape index (κ2) is 11.3. The number of imidazole rings is 1. The number of phenols is 1. The summed E-state index contributed by atoms with van der Waals surface area (Å²) in [7, 11) is 1.60. The van der Waals surface area contributed by atoms with Crippen molar-refractivity contribution >= 4 is 21.7 Å². The maximum Gasteiger partial charge on any atom is 0.317 e. The lowest BCUT2D eigenvalue weighted by atomic mass is 9.95. The smallest absolute Gasteiger partial charge is 0.317 e. The number of rotatable bonds is 8. The summed E-state index contributed by atoms with van der Waals surface area (Å²) in [5.74, 6) is 0.662. The first-order valence-electron chi connectivity index (χ1n) is 14.6. The summed E-state index contributed by atoms with van der Waals surface area (Å²) < 4.78 is 59.0. The highest BCUT2D eigenvalue weighted by Crippen LogP contribution is 2.41. The second-order valence-electron chi connectivity index (χ2n) is 11.5. The third-order valence-electron chi connectivity index (χ3n) is 8.78. The van der Waals surface area contributed by atoms with Crippen LogP contribution in [0.25, 0.3) is 44.3 Å². The molecule has 2 atom stereocenters. The van der Waals surface area contributed by atoms with Crippen LogP contribution in [0, 0.1) is 24.0 Å². The Morgan fingerprint density at radius 3 is 2.87 bits per heavy atom. The van der Waals surface area contributed by atoms with Gasteiger partial charge in [0.15, 0.2) is 5.82 Å². The Morgan fingerprint density at radius 1 is 1.18 bits per heavy atom. The van der Waals surface area contributed by atoms with E-state index in [1.807, 2.05) is 4.57 Å². The Labute approximate surface area is 256 Å². The standard InChI is InChI=1S/C33H29F3N6O3/c1-3-22-25(35)6-5-19-11-21(43)12-23(27(19)22)30-28(36)31-24(14-37-30)29(26-16-41(18-38-26)9-10-44-2)39-32(40-31)45-17-33-7-4-8-42(33)15-20(34)13-33/h1,5-6,11-12,14,16,18,20,43H,4,7-10,13,15,17H2,2H3/t20-,33+/m1/s1. The number of benzene rings is 2. The van der Waals surface area contributed by atoms with Gasteiger partial charge in [0.05, 0.1) is 24.0 Å². The van der Waals surface area contributed by atoms with Gasteiger partial charge in [0, 0.05) is 55.3 Å². The number of methoxy groups -OCH3 is 1. The fraction of sp³-hybridized carbons (Fsp3) is 0.333. The van der Waals surface area contributed by atoms with Crippen LogP contribution in [-0.4, -0.2) is 79.6 Å². The first kappa shape index (κ1) is 29.0. The van der Waals surface area contributed by atoms with Crippen molar-refractivity contribution in [1.82, 2.24) is 29.4 Å². The van der Waals surface area contributed by atoms with Crippen LogP contribution in [-0.2, 0) is 11.3 Å². The van der Waals surface area contributed by atoms with E-state index < -0.39 is 23.3 Å². The van der Waals surface area contributed by atoms with E-state index in [1.54, 1.807) is 19.6 Å². The van der Waals surface area contributed by atoms with Crippen LogP contribution in [0.4, 0.5) is 13.2 Å². The molecule has 45 heavy (non-hydrogen) atoms. The van der Waals surface area contributed by atoms with Crippen molar-refractivity contribution in [1.29, 1.82) is 0 Å². The first-order chi connectivity index (χ1) is 21.8. The van der Waals surface area contributed by atoms with E-state index in [4.69, 9.17) is 15.9 Å². The number of pyridine rings is 1. The van der Waals surface area contributed by atoms with E-state index in [1.165, 1.54) is 30.5 Å². The van der Waals surface area contributed by atoms with E-state index in [2.05, 4.69) is 30.8 Å².